The van der Waals surface area contributed by atoms with Crippen LogP contribution < -0.4 is 5.73 Å². The minimum absolute atomic E-state index is 0.108. The van der Waals surface area contributed by atoms with E-state index < -0.39 is 27.6 Å². The Bertz CT molecular complexity index is 781. The molecule has 0 aliphatic rings. The molecule has 4 N–H and O–H groups in total. The van der Waals surface area contributed by atoms with Crippen molar-refractivity contribution in [3.63, 3.8) is 0 Å². The highest BCUT2D eigenvalue weighted by Crippen LogP contribution is 2.60. The number of anilines is 1. The van der Waals surface area contributed by atoms with Crippen LogP contribution in [0.5, 0.6) is 0 Å². The summed E-state index contributed by atoms with van der Waals surface area (Å²) in [6.45, 7) is -2.65. The van der Waals surface area contributed by atoms with Gasteiger partial charge in [-0.2, -0.15) is 0 Å². The second-order valence-corrected chi connectivity index (χ2v) is 12.0. The van der Waals surface area contributed by atoms with E-state index in [1.54, 1.807) is 4.57 Å². The van der Waals surface area contributed by atoms with Gasteiger partial charge in [0.15, 0.2) is 11.5 Å². The molecular weight excluding hydrogens is 387 g/mol. The molecule has 2 unspecified atom stereocenters. The number of nitrogen functional groups attached to an aromatic ring is 1. The second kappa shape index (κ2) is 7.81. The van der Waals surface area contributed by atoms with Crippen molar-refractivity contribution in [2.75, 3.05) is 12.3 Å². The van der Waals surface area contributed by atoms with Crippen molar-refractivity contribution in [1.29, 1.82) is 0 Å². The largest absolute Gasteiger partial charge is 0.382 e. The maximum Gasteiger partial charge on any atom is 0.364 e. The Balaban J connectivity index is 2.04. The van der Waals surface area contributed by atoms with E-state index in [2.05, 4.69) is 15.0 Å². The fourth-order valence-corrected chi connectivity index (χ4v) is 7.80. The number of imidazole rings is 1. The molecule has 23 heavy (non-hydrogen) atoms. The first-order valence-electron chi connectivity index (χ1n) is 5.95. The lowest BCUT2D eigenvalue weighted by Crippen LogP contribution is -2.13. The van der Waals surface area contributed by atoms with Gasteiger partial charge in [-0.25, -0.2) is 15.0 Å². The Morgan fingerprint density at radius 2 is 2.22 bits per heavy atom. The van der Waals surface area contributed by atoms with Crippen molar-refractivity contribution < 1.29 is 28.2 Å². The molecule has 15 heteroatoms. The fraction of sp³-hybridized carbons (Fsp3) is 0.375. The van der Waals surface area contributed by atoms with Gasteiger partial charge in [0.25, 0.3) is 0 Å². The zero-order valence-corrected chi connectivity index (χ0v) is 14.9. The topological polar surface area (TPSA) is 171 Å². The molecule has 0 aliphatic carbocycles. The maximum atomic E-state index is 11.3. The van der Waals surface area contributed by atoms with E-state index >= 15 is 0 Å². The predicted molar refractivity (Wildman–Crippen MR) is 85.7 cm³/mol. The summed E-state index contributed by atoms with van der Waals surface area (Å²) in [6.07, 6.45) is 2.71. The van der Waals surface area contributed by atoms with Gasteiger partial charge in [0, 0.05) is 6.54 Å². The smallest absolute Gasteiger partial charge is 0.364 e. The molecule has 0 saturated heterocycles. The van der Waals surface area contributed by atoms with Gasteiger partial charge in [0.1, 0.15) is 11.8 Å². The van der Waals surface area contributed by atoms with Crippen molar-refractivity contribution in [3.8, 4) is 0 Å². The van der Waals surface area contributed by atoms with Crippen LogP contribution in [0.15, 0.2) is 12.7 Å². The Hall–Kier alpha value is -0.860. The standard InChI is InChI=1S/C8H12N5O6P3S/c9-6-5-7(11-3-10-6)13(4-12-5)1-2-19-8(22(16,17)18)23-21(15)20-14/h3-4,8,21H,1-2H2,(H2,9,10,11)(H2,16,17,18). The molecule has 0 radical (unpaired) electrons. The number of hydrogen-bond donors (Lipinski definition) is 3. The molecule has 2 aromatic rings. The molecule has 0 aromatic carbocycles. The zero-order chi connectivity index (χ0) is 17.0. The quantitative estimate of drug-likeness (QED) is 0.432. The van der Waals surface area contributed by atoms with Gasteiger partial charge in [0.05, 0.1) is 12.9 Å². The molecular formula is C8H12N5O6P3S. The highest BCUT2D eigenvalue weighted by Gasteiger charge is 2.32. The number of aromatic nitrogens is 4. The molecule has 0 amide bonds. The van der Waals surface area contributed by atoms with E-state index in [9.17, 15) is 13.7 Å². The lowest BCUT2D eigenvalue weighted by atomic mass is 10.5. The predicted octanol–water partition coefficient (Wildman–Crippen LogP) is 1.30. The van der Waals surface area contributed by atoms with Crippen LogP contribution in [0, 0.1) is 0 Å². The van der Waals surface area contributed by atoms with Gasteiger partial charge in [-0.1, -0.05) is 0 Å². The van der Waals surface area contributed by atoms with Gasteiger partial charge < -0.3 is 29.4 Å². The molecule has 0 aliphatic heterocycles. The van der Waals surface area contributed by atoms with Crippen molar-refractivity contribution in [2.24, 2.45) is 0 Å². The van der Waals surface area contributed by atoms with Crippen molar-refractivity contribution >= 4 is 50.8 Å². The Morgan fingerprint density at radius 1 is 1.48 bits per heavy atom. The first kappa shape index (κ1) is 18.5. The zero-order valence-electron chi connectivity index (χ0n) is 11.3. The van der Waals surface area contributed by atoms with Crippen LogP contribution in [-0.4, -0.2) is 41.1 Å². The third-order valence-electron chi connectivity index (χ3n) is 2.57. The lowest BCUT2D eigenvalue weighted by Gasteiger charge is -2.17. The molecule has 0 spiro atoms. The summed E-state index contributed by atoms with van der Waals surface area (Å²) in [5.74, 6) is 0.214. The molecule has 0 fully saturated rings. The van der Waals surface area contributed by atoms with E-state index in [-0.39, 0.29) is 19.0 Å². The summed E-state index contributed by atoms with van der Waals surface area (Å²) >= 11 is 0.360. The first-order valence-corrected chi connectivity index (χ1v) is 12.3. The molecule has 2 atom stereocenters. The van der Waals surface area contributed by atoms with Crippen LogP contribution in [0.25, 0.3) is 11.2 Å². The third kappa shape index (κ3) is 4.81. The number of fused-ring (bicyclic) bond motifs is 1. The van der Waals surface area contributed by atoms with Crippen LogP contribution >= 0.6 is 33.8 Å². The molecule has 2 aromatic heterocycles. The number of nitrogens with two attached hydrogens (primary N) is 1. The summed E-state index contributed by atoms with van der Waals surface area (Å²) in [6, 6.07) is 0. The Labute approximate surface area is 135 Å². The van der Waals surface area contributed by atoms with Crippen molar-refractivity contribution in [1.82, 2.24) is 19.5 Å². The lowest BCUT2D eigenvalue weighted by molar-refractivity contribution is 0.130. The van der Waals surface area contributed by atoms with Crippen molar-refractivity contribution in [2.45, 2.75) is 11.7 Å². The summed E-state index contributed by atoms with van der Waals surface area (Å²) in [5, 5.41) is -1.65. The van der Waals surface area contributed by atoms with E-state index in [4.69, 9.17) is 20.3 Å². The number of nitrogens with zero attached hydrogens (tertiary/aromatic N) is 4. The normalized spacial score (nSPS) is 15.0. The van der Waals surface area contributed by atoms with Crippen LogP contribution in [0.1, 0.15) is 0 Å². The highest BCUT2D eigenvalue weighted by atomic mass is 32.9. The molecule has 126 valence electrons. The maximum absolute atomic E-state index is 11.3. The Kier molecular flexibility index (Phi) is 6.27. The fourth-order valence-electron chi connectivity index (χ4n) is 1.62. The molecule has 11 nitrogen and oxygen atoms in total. The first-order chi connectivity index (χ1) is 10.8. The molecule has 0 bridgehead atoms. The van der Waals surface area contributed by atoms with E-state index in [1.807, 2.05) is 0 Å². The average molecular weight is 399 g/mol. The van der Waals surface area contributed by atoms with E-state index in [0.717, 1.165) is 0 Å². The van der Waals surface area contributed by atoms with Gasteiger partial charge in [0.2, 0.25) is 20.0 Å². The second-order valence-electron chi connectivity index (χ2n) is 4.11. The summed E-state index contributed by atoms with van der Waals surface area (Å²) in [4.78, 5) is 30.2. The van der Waals surface area contributed by atoms with Gasteiger partial charge in [-0.3, -0.25) is 9.13 Å². The van der Waals surface area contributed by atoms with Crippen LogP contribution in [-0.2, 0) is 25.0 Å². The van der Waals surface area contributed by atoms with E-state index in [0.29, 0.717) is 22.5 Å². The monoisotopic (exact) mass is 399 g/mol. The van der Waals surface area contributed by atoms with Gasteiger partial charge in [-0.05, 0) is 11.4 Å². The van der Waals surface area contributed by atoms with Gasteiger partial charge in [-0.15, -0.1) is 0 Å². The molecule has 2 rings (SSSR count). The van der Waals surface area contributed by atoms with Crippen molar-refractivity contribution in [3.05, 3.63) is 12.7 Å². The Morgan fingerprint density at radius 3 is 2.87 bits per heavy atom. The van der Waals surface area contributed by atoms with E-state index in [1.165, 1.54) is 12.7 Å². The summed E-state index contributed by atoms with van der Waals surface area (Å²) < 4.78 is 39.7. The molecule has 2 heterocycles. The average Bonchev–Trinajstić information content (AvgIpc) is 2.89. The SMILES string of the molecule is Nc1ncnc2c1ncn2CCOC(S[PH](=O)P=O)P(=O)(O)O. The van der Waals surface area contributed by atoms with Crippen LogP contribution in [0.4, 0.5) is 5.82 Å². The highest BCUT2D eigenvalue weighted by molar-refractivity contribution is 8.69. The minimum Gasteiger partial charge on any atom is -0.382 e. The molecule has 0 saturated carbocycles. The summed E-state index contributed by atoms with van der Waals surface area (Å²) in [5.41, 5.74) is 6.51. The van der Waals surface area contributed by atoms with Crippen LogP contribution in [0.2, 0.25) is 0 Å². The van der Waals surface area contributed by atoms with Crippen LogP contribution in [0.3, 0.4) is 0 Å². The number of rotatable bonds is 8. The summed E-state index contributed by atoms with van der Waals surface area (Å²) in [7, 11) is -5.33. The third-order valence-corrected chi connectivity index (χ3v) is 9.01. The minimum atomic E-state index is -4.65. The van der Waals surface area contributed by atoms with Gasteiger partial charge >= 0.3 is 7.60 Å². The number of ether oxygens (including phenoxy) is 1. The number of hydrogen-bond acceptors (Lipinski definition) is 9.